The molecule has 0 aromatic heterocycles. The molecule has 2 rings (SSSR count). The number of nitrogens with zero attached hydrogens (tertiary/aromatic N) is 2. The van der Waals surface area contributed by atoms with Gasteiger partial charge in [0.05, 0.1) is 5.04 Å². The lowest BCUT2D eigenvalue weighted by molar-refractivity contribution is 0.104. The lowest BCUT2D eigenvalue weighted by Gasteiger charge is -2.14. The zero-order valence-electron chi connectivity index (χ0n) is 12.5. The van der Waals surface area contributed by atoms with E-state index in [-0.39, 0.29) is 5.78 Å². The van der Waals surface area contributed by atoms with Crippen molar-refractivity contribution in [3.05, 3.63) is 46.2 Å². The zero-order valence-corrected chi connectivity index (χ0v) is 13.3. The van der Waals surface area contributed by atoms with Crippen molar-refractivity contribution >= 4 is 22.6 Å². The Hall–Kier alpha value is -1.62. The van der Waals surface area contributed by atoms with Gasteiger partial charge in [-0.25, -0.2) is 4.39 Å². The highest BCUT2D eigenvalue weighted by Gasteiger charge is 2.20. The average Bonchev–Trinajstić information content (AvgIpc) is 2.79. The summed E-state index contributed by atoms with van der Waals surface area (Å²) in [6, 6.07) is 4.28. The van der Waals surface area contributed by atoms with Gasteiger partial charge < -0.3 is 0 Å². The second-order valence-electron chi connectivity index (χ2n) is 5.00. The predicted molar refractivity (Wildman–Crippen MR) is 85.9 cm³/mol. The number of allylic oxidation sites excluding steroid dienone is 1. The number of unbranched alkanes of at least 4 members (excludes halogenated alkanes) is 1. The van der Waals surface area contributed by atoms with Crippen LogP contribution in [0.25, 0.3) is 0 Å². The Labute approximate surface area is 128 Å². The van der Waals surface area contributed by atoms with E-state index >= 15 is 0 Å². The van der Waals surface area contributed by atoms with E-state index in [1.807, 2.05) is 18.9 Å². The van der Waals surface area contributed by atoms with Crippen molar-refractivity contribution in [2.45, 2.75) is 33.6 Å². The van der Waals surface area contributed by atoms with E-state index in [2.05, 4.69) is 12.0 Å². The Balaban J connectivity index is 2.21. The highest BCUT2D eigenvalue weighted by atomic mass is 32.2. The molecule has 0 spiro atoms. The van der Waals surface area contributed by atoms with Gasteiger partial charge in [-0.3, -0.25) is 9.80 Å². The number of hydrazone groups is 1. The number of carbonyl (C=O) groups excluding carboxylic acids is 1. The lowest BCUT2D eigenvalue weighted by Crippen LogP contribution is -2.14. The fraction of sp³-hybridized carbons (Fsp3) is 0.375. The maximum Gasteiger partial charge on any atom is 0.188 e. The summed E-state index contributed by atoms with van der Waals surface area (Å²) in [6.07, 6.45) is 3.64. The fourth-order valence-corrected chi connectivity index (χ4v) is 2.91. The normalized spacial score (nSPS) is 16.5. The van der Waals surface area contributed by atoms with Crippen LogP contribution in [-0.2, 0) is 0 Å². The Morgan fingerprint density at radius 1 is 1.43 bits per heavy atom. The second-order valence-corrected chi connectivity index (χ2v) is 6.22. The number of hydrogen-bond donors (Lipinski definition) is 0. The summed E-state index contributed by atoms with van der Waals surface area (Å²) >= 11 is 1.48. The van der Waals surface area contributed by atoms with Crippen LogP contribution in [0.4, 0.5) is 4.39 Å². The molecule has 5 heteroatoms. The van der Waals surface area contributed by atoms with Gasteiger partial charge in [0.15, 0.2) is 5.78 Å². The van der Waals surface area contributed by atoms with E-state index in [4.69, 9.17) is 0 Å². The minimum Gasteiger partial charge on any atom is -0.289 e. The number of hydrogen-bond acceptors (Lipinski definition) is 4. The van der Waals surface area contributed by atoms with E-state index < -0.39 is 5.82 Å². The van der Waals surface area contributed by atoms with Crippen molar-refractivity contribution in [2.24, 2.45) is 5.10 Å². The van der Waals surface area contributed by atoms with Gasteiger partial charge in [-0.05, 0) is 38.0 Å². The lowest BCUT2D eigenvalue weighted by atomic mass is 10.0. The molecule has 0 unspecified atom stereocenters. The summed E-state index contributed by atoms with van der Waals surface area (Å²) in [6.45, 7) is 6.64. The average molecular weight is 306 g/mol. The van der Waals surface area contributed by atoms with Crippen molar-refractivity contribution in [2.75, 3.05) is 6.54 Å². The molecular formula is C16H19FN2OS. The molecule has 1 aromatic carbocycles. The van der Waals surface area contributed by atoms with Gasteiger partial charge in [-0.1, -0.05) is 31.2 Å². The van der Waals surface area contributed by atoms with E-state index in [1.165, 1.54) is 23.9 Å². The highest BCUT2D eigenvalue weighted by molar-refractivity contribution is 8.17. The maximum atomic E-state index is 13.3. The smallest absolute Gasteiger partial charge is 0.188 e. The van der Waals surface area contributed by atoms with Crippen LogP contribution in [0, 0.1) is 12.7 Å². The van der Waals surface area contributed by atoms with E-state index in [0.717, 1.165) is 35.0 Å². The maximum absolute atomic E-state index is 13.3. The van der Waals surface area contributed by atoms with E-state index in [1.54, 1.807) is 12.1 Å². The third-order valence-corrected chi connectivity index (χ3v) is 4.13. The van der Waals surface area contributed by atoms with Gasteiger partial charge in [0, 0.05) is 18.2 Å². The fourth-order valence-electron chi connectivity index (χ4n) is 2.07. The largest absolute Gasteiger partial charge is 0.289 e. The van der Waals surface area contributed by atoms with Crippen LogP contribution < -0.4 is 0 Å². The van der Waals surface area contributed by atoms with Crippen molar-refractivity contribution in [1.82, 2.24) is 5.01 Å². The van der Waals surface area contributed by atoms with Crippen LogP contribution in [0.5, 0.6) is 0 Å². The first-order chi connectivity index (χ1) is 10.0. The Morgan fingerprint density at radius 3 is 2.90 bits per heavy atom. The summed E-state index contributed by atoms with van der Waals surface area (Å²) in [5.74, 6) is -0.572. The third kappa shape index (κ3) is 3.94. The predicted octanol–water partition coefficient (Wildman–Crippen LogP) is 4.34. The van der Waals surface area contributed by atoms with Crippen molar-refractivity contribution in [3.8, 4) is 0 Å². The molecule has 3 nitrogen and oxygen atoms in total. The molecular weight excluding hydrogens is 287 g/mol. The highest BCUT2D eigenvalue weighted by Crippen LogP contribution is 2.30. The third-order valence-electron chi connectivity index (χ3n) is 3.21. The summed E-state index contributed by atoms with van der Waals surface area (Å²) in [5, 5.41) is 8.00. The first kappa shape index (κ1) is 15.8. The Bertz CT molecular complexity index is 610. The van der Waals surface area contributed by atoms with Crippen LogP contribution in [0.2, 0.25) is 0 Å². The van der Waals surface area contributed by atoms with Crippen molar-refractivity contribution < 1.29 is 9.18 Å². The number of ketones is 1. The molecule has 1 aliphatic rings. The van der Waals surface area contributed by atoms with Gasteiger partial charge >= 0.3 is 0 Å². The number of thioether (sulfide) groups is 1. The molecule has 1 aliphatic heterocycles. The standard InChI is InChI=1S/C16H19FN2OS/c1-4-5-8-19-16(21-12(3)18-19)10-15(20)14-9-13(17)7-6-11(14)2/h6-7,9-10H,4-5,8H2,1-3H3/b16-10-. The first-order valence-corrected chi connectivity index (χ1v) is 7.85. The molecule has 0 aliphatic carbocycles. The quantitative estimate of drug-likeness (QED) is 0.599. The van der Waals surface area contributed by atoms with Gasteiger partial charge in [0.25, 0.3) is 0 Å². The second kappa shape index (κ2) is 6.89. The summed E-state index contributed by atoms with van der Waals surface area (Å²) < 4.78 is 13.3. The SMILES string of the molecule is CCCCN1N=C(C)S/C1=C\C(=O)c1cc(F)ccc1C. The molecule has 112 valence electrons. The van der Waals surface area contributed by atoms with Gasteiger partial charge in [-0.15, -0.1) is 0 Å². The van der Waals surface area contributed by atoms with Crippen LogP contribution in [0.1, 0.15) is 42.6 Å². The van der Waals surface area contributed by atoms with Crippen molar-refractivity contribution in [3.63, 3.8) is 0 Å². The number of carbonyl (C=O) groups is 1. The molecule has 21 heavy (non-hydrogen) atoms. The summed E-state index contributed by atoms with van der Waals surface area (Å²) in [5.41, 5.74) is 1.18. The van der Waals surface area contributed by atoms with Gasteiger partial charge in [-0.2, -0.15) is 5.10 Å². The molecule has 1 heterocycles. The minimum absolute atomic E-state index is 0.180. The van der Waals surface area contributed by atoms with Gasteiger partial charge in [0.1, 0.15) is 10.8 Å². The monoisotopic (exact) mass is 306 g/mol. The number of benzene rings is 1. The molecule has 0 fully saturated rings. The van der Waals surface area contributed by atoms with Crippen LogP contribution in [0.15, 0.2) is 34.4 Å². The Kier molecular flexibility index (Phi) is 5.17. The molecule has 0 radical (unpaired) electrons. The van der Waals surface area contributed by atoms with Crippen molar-refractivity contribution in [1.29, 1.82) is 0 Å². The zero-order chi connectivity index (χ0) is 15.4. The minimum atomic E-state index is -0.392. The molecule has 0 saturated heterocycles. The number of rotatable bonds is 5. The molecule has 0 atom stereocenters. The number of aryl methyl sites for hydroxylation is 1. The molecule has 0 amide bonds. The molecule has 0 N–H and O–H groups in total. The van der Waals surface area contributed by atoms with Crippen LogP contribution in [0.3, 0.4) is 0 Å². The van der Waals surface area contributed by atoms with E-state index in [0.29, 0.717) is 5.56 Å². The number of halogens is 1. The van der Waals surface area contributed by atoms with Crippen LogP contribution in [-0.4, -0.2) is 22.4 Å². The first-order valence-electron chi connectivity index (χ1n) is 7.04. The van der Waals surface area contributed by atoms with Crippen LogP contribution >= 0.6 is 11.8 Å². The topological polar surface area (TPSA) is 32.7 Å². The van der Waals surface area contributed by atoms with E-state index in [9.17, 15) is 9.18 Å². The summed E-state index contributed by atoms with van der Waals surface area (Å²) in [7, 11) is 0. The molecule has 0 saturated carbocycles. The Morgan fingerprint density at radius 2 is 2.19 bits per heavy atom. The van der Waals surface area contributed by atoms with Gasteiger partial charge in [0.2, 0.25) is 0 Å². The molecule has 0 bridgehead atoms. The molecule has 1 aromatic rings. The summed E-state index contributed by atoms with van der Waals surface area (Å²) in [4.78, 5) is 12.4.